The molecule has 35 heteroatoms. The van der Waals surface area contributed by atoms with E-state index in [0.29, 0.717) is 16.2 Å². The molecule has 102 heavy (non-hydrogen) atoms. The van der Waals surface area contributed by atoms with E-state index in [-0.39, 0.29) is 157 Å². The van der Waals surface area contributed by atoms with Crippen molar-refractivity contribution in [3.05, 3.63) is 71.8 Å². The van der Waals surface area contributed by atoms with Crippen molar-refractivity contribution in [1.82, 2.24) is 51.9 Å². The van der Waals surface area contributed by atoms with Gasteiger partial charge in [-0.1, -0.05) is 39.8 Å². The number of hydrogen-bond donors (Lipinski definition) is 9. The summed E-state index contributed by atoms with van der Waals surface area (Å²) in [4.78, 5) is 194. The average molecular weight is 1430 g/mol. The van der Waals surface area contributed by atoms with Gasteiger partial charge in [-0.2, -0.15) is 0 Å². The van der Waals surface area contributed by atoms with Gasteiger partial charge >= 0.3 is 0 Å². The molecule has 4 bridgehead atoms. The molecule has 9 N–H and O–H groups in total. The zero-order valence-electron chi connectivity index (χ0n) is 57.8. The predicted molar refractivity (Wildman–Crippen MR) is 358 cm³/mol. The Morgan fingerprint density at radius 2 is 1.05 bits per heavy atom. The molecule has 2 aromatic carbocycles. The number of fused-ring (bicyclic) bond motifs is 4. The number of carbonyl (C=O) groups excluding carboxylic acids is 14. The van der Waals surface area contributed by atoms with Crippen molar-refractivity contribution >= 4 is 94.1 Å². The monoisotopic (exact) mass is 1430 g/mol. The Morgan fingerprint density at radius 3 is 1.53 bits per heavy atom. The molecule has 35 nitrogen and oxygen atoms in total. The quantitative estimate of drug-likeness (QED) is 0.0774. The second kappa shape index (κ2) is 37.9. The van der Waals surface area contributed by atoms with Crippen LogP contribution in [0.4, 0.5) is 11.4 Å². The number of hydrogen-bond acceptors (Lipinski definition) is 23. The number of imide groups is 2. The maximum absolute atomic E-state index is 14.5. The summed E-state index contributed by atoms with van der Waals surface area (Å²) in [6.07, 6.45) is 2.24. The molecule has 0 aromatic heterocycles. The third-order valence-electron chi connectivity index (χ3n) is 16.3. The summed E-state index contributed by atoms with van der Waals surface area (Å²) in [6, 6.07) is -1.33. The molecule has 1 fully saturated rings. The van der Waals surface area contributed by atoms with Gasteiger partial charge in [0.1, 0.15) is 30.4 Å². The molecule has 554 valence electrons. The topological polar surface area (TPSA) is 442 Å². The summed E-state index contributed by atoms with van der Waals surface area (Å²) < 4.78 is 45.8. The first-order chi connectivity index (χ1) is 48.7. The fourth-order valence-corrected chi connectivity index (χ4v) is 11.3. The Morgan fingerprint density at radius 1 is 0.578 bits per heavy atom. The normalized spacial score (nSPS) is 23.1. The van der Waals surface area contributed by atoms with Gasteiger partial charge in [0, 0.05) is 81.9 Å². The molecule has 0 spiro atoms. The van der Waals surface area contributed by atoms with Crippen LogP contribution in [0.25, 0.3) is 0 Å². The van der Waals surface area contributed by atoms with Gasteiger partial charge in [-0.05, 0) is 37.3 Å². The van der Waals surface area contributed by atoms with E-state index in [4.69, 9.17) is 37.9 Å². The minimum atomic E-state index is -2.07. The molecule has 0 aliphatic carbocycles. The van der Waals surface area contributed by atoms with Crippen molar-refractivity contribution in [2.45, 2.75) is 96.7 Å². The van der Waals surface area contributed by atoms with E-state index in [9.17, 15) is 72.2 Å². The lowest BCUT2D eigenvalue weighted by atomic mass is 10.0. The number of amides is 14. The van der Waals surface area contributed by atoms with E-state index in [2.05, 4.69) is 49.1 Å². The molecule has 6 atom stereocenters. The number of benzene rings is 2. The van der Waals surface area contributed by atoms with Crippen LogP contribution in [0.2, 0.25) is 0 Å². The molecular weight excluding hydrogens is 1340 g/mol. The van der Waals surface area contributed by atoms with Crippen LogP contribution in [0.1, 0.15) is 81.0 Å². The summed E-state index contributed by atoms with van der Waals surface area (Å²) >= 11 is 0. The molecular formula is C67H88N12O23. The number of aliphatic hydroxyl groups excluding tert-OH is 1. The second-order valence-electron chi connectivity index (χ2n) is 24.6. The average Bonchev–Trinajstić information content (AvgIpc) is 1.59. The summed E-state index contributed by atoms with van der Waals surface area (Å²) in [5.41, 5.74) is 0.774. The van der Waals surface area contributed by atoms with Gasteiger partial charge in [0.05, 0.1) is 122 Å². The lowest BCUT2D eigenvalue weighted by Gasteiger charge is -2.35. The SMILES string of the molecule is C=C1C[C@H]2CN3C(=O)CNC(=O)[C@H](C(C)C)NC(=O)CCOCCOCCNC(=O)C(N4C(=O)C=CC4=O)C(N4C(=O)C=CC4=O)C(=O)NCCOCCOCCC(=O)N[C@@H](C(C)C)C(=O)NCC(=O)Nc4cc(c(OC)cc4C(=O)NC(C)O)OCCCOc4cc3c(cc4OC)C(=O)N2C1. The first kappa shape index (κ1) is 79.0. The number of nitrogens with zero attached hydrogens (tertiary/aromatic N) is 4. The number of ether oxygens (including phenoxy) is 8. The van der Waals surface area contributed by atoms with Gasteiger partial charge in [0.25, 0.3) is 35.4 Å². The lowest BCUT2D eigenvalue weighted by molar-refractivity contribution is -0.156. The van der Waals surface area contributed by atoms with E-state index < -0.39 is 144 Å². The molecule has 2 aromatic rings. The highest BCUT2D eigenvalue weighted by Crippen LogP contribution is 2.41. The van der Waals surface area contributed by atoms with Crippen LogP contribution in [-0.4, -0.2) is 259 Å². The van der Waals surface area contributed by atoms with Gasteiger partial charge in [-0.3, -0.25) is 76.9 Å². The molecule has 3 unspecified atom stereocenters. The number of nitrogens with one attached hydrogen (secondary N) is 8. The number of aliphatic hydroxyl groups is 1. The van der Waals surface area contributed by atoms with Gasteiger partial charge in [0.2, 0.25) is 47.3 Å². The van der Waals surface area contributed by atoms with E-state index in [0.717, 1.165) is 29.9 Å². The zero-order chi connectivity index (χ0) is 74.3. The van der Waals surface area contributed by atoms with E-state index in [1.807, 2.05) is 0 Å². The third kappa shape index (κ3) is 21.3. The van der Waals surface area contributed by atoms with Crippen LogP contribution in [0.3, 0.4) is 0 Å². The van der Waals surface area contributed by atoms with Gasteiger partial charge in [-0.25, -0.2) is 0 Å². The van der Waals surface area contributed by atoms with Crippen molar-refractivity contribution in [3.63, 3.8) is 0 Å². The number of rotatable bonds is 8. The van der Waals surface area contributed by atoms with Crippen LogP contribution < -0.4 is 66.4 Å². The Kier molecular flexibility index (Phi) is 29.3. The second-order valence-corrected chi connectivity index (χ2v) is 24.6. The van der Waals surface area contributed by atoms with Gasteiger partial charge < -0.3 is 95.3 Å². The fourth-order valence-electron chi connectivity index (χ4n) is 11.3. The largest absolute Gasteiger partial charge is 0.493 e. The molecule has 5 aliphatic heterocycles. The van der Waals surface area contributed by atoms with Crippen LogP contribution in [-0.2, 0) is 76.5 Å². The summed E-state index contributed by atoms with van der Waals surface area (Å²) in [5.74, 6) is -12.0. The van der Waals surface area contributed by atoms with E-state index in [1.165, 1.54) is 50.3 Å². The molecule has 5 aliphatic rings. The van der Waals surface area contributed by atoms with Crippen LogP contribution in [0, 0.1) is 11.8 Å². The van der Waals surface area contributed by atoms with Crippen molar-refractivity contribution in [1.29, 1.82) is 0 Å². The Balaban J connectivity index is 1.07. The number of methoxy groups -OCH3 is 2. The van der Waals surface area contributed by atoms with Gasteiger partial charge in [-0.15, -0.1) is 0 Å². The van der Waals surface area contributed by atoms with E-state index >= 15 is 0 Å². The number of carbonyl (C=O) groups is 14. The molecule has 0 saturated carbocycles. The minimum absolute atomic E-state index is 0.0128. The molecule has 7 rings (SSSR count). The van der Waals surface area contributed by atoms with Crippen LogP contribution in [0.5, 0.6) is 23.0 Å². The summed E-state index contributed by atoms with van der Waals surface area (Å²) in [5, 5.41) is 30.4. The Bertz CT molecular complexity index is 3540. The molecule has 0 radical (unpaired) electrons. The Hall–Kier alpha value is -10.4. The molecule has 14 amide bonds. The highest BCUT2D eigenvalue weighted by molar-refractivity contribution is 6.19. The Labute approximate surface area is 587 Å². The van der Waals surface area contributed by atoms with Crippen molar-refractivity contribution < 1.29 is 110 Å². The predicted octanol–water partition coefficient (Wildman–Crippen LogP) is -2.13. The number of anilines is 2. The van der Waals surface area contributed by atoms with Gasteiger partial charge in [0.15, 0.2) is 23.0 Å². The molecule has 5 heterocycles. The van der Waals surface area contributed by atoms with Crippen molar-refractivity contribution in [2.24, 2.45) is 11.8 Å². The van der Waals surface area contributed by atoms with Crippen molar-refractivity contribution in [2.75, 3.05) is 130 Å². The van der Waals surface area contributed by atoms with Crippen LogP contribution in [0.15, 0.2) is 60.7 Å². The standard InChI is InChI=1S/C67H88N12O23/c1-37(2)58-63(90)70-33-52(83)73-44-31-48(46(95-7)29-42(44)62(89)72-40(6)80)101-18-9-19-102-49-32-45-43(30-47(49)96-8)67(94)76-35-39(5)28-41(76)36-77(45)57(88)34-71-64(91)59(38(3)4)75-51(82)15-21-98-25-27-100-23-17-69-66(93)61(79-55(86)12-13-56(79)87)60(78-53(84)10-11-54(78)85)65(92)68-16-22-99-26-24-97-20-14-50(81)74-58/h10-13,29-32,37-38,40-41,58-61,80H,5,9,14-28,33-36H2,1-4,6-8H3,(H,68,92)(H,69,93)(H,70,90)(H,71,91)(H,72,89)(H,73,83)(H,74,81)(H,75,82)/t40?,41-,58-,59-,60?,61?/m0/s1. The lowest BCUT2D eigenvalue weighted by Crippen LogP contribution is -2.66. The maximum atomic E-state index is 14.5. The molecule has 1 saturated heterocycles. The smallest absolute Gasteiger partial charge is 0.256 e. The van der Waals surface area contributed by atoms with E-state index in [1.54, 1.807) is 32.6 Å². The highest BCUT2D eigenvalue weighted by Gasteiger charge is 2.50. The third-order valence-corrected chi connectivity index (χ3v) is 16.3. The van der Waals surface area contributed by atoms with Crippen LogP contribution >= 0.6 is 0 Å². The summed E-state index contributed by atoms with van der Waals surface area (Å²) in [7, 11) is 2.69. The maximum Gasteiger partial charge on any atom is 0.256 e. The zero-order valence-corrected chi connectivity index (χ0v) is 57.8. The first-order valence-corrected chi connectivity index (χ1v) is 33.1. The van der Waals surface area contributed by atoms with Crippen molar-refractivity contribution in [3.8, 4) is 23.0 Å². The highest BCUT2D eigenvalue weighted by atomic mass is 16.5. The first-order valence-electron chi connectivity index (χ1n) is 33.1. The summed E-state index contributed by atoms with van der Waals surface area (Å²) in [6.45, 7) is 9.65. The minimum Gasteiger partial charge on any atom is -0.493 e. The fraction of sp³-hybridized carbons (Fsp3) is 0.522.